The third kappa shape index (κ3) is 3.48. The van der Waals surface area contributed by atoms with Gasteiger partial charge in [0.1, 0.15) is 0 Å². The summed E-state index contributed by atoms with van der Waals surface area (Å²) in [5, 5.41) is 3.37. The van der Waals surface area contributed by atoms with Gasteiger partial charge in [-0.3, -0.25) is 14.6 Å². The summed E-state index contributed by atoms with van der Waals surface area (Å²) < 4.78 is 0. The van der Waals surface area contributed by atoms with Crippen LogP contribution in [0.3, 0.4) is 0 Å². The quantitative estimate of drug-likeness (QED) is 0.420. The molecule has 0 saturated heterocycles. The van der Waals surface area contributed by atoms with E-state index in [1.807, 2.05) is 54.6 Å². The second kappa shape index (κ2) is 7.25. The number of para-hydroxylation sites is 1. The Balaban J connectivity index is 1.71. The SMILES string of the molecule is O=C(Nc1cccnc1)C(=O)c1c(Cc2ccccc2)[nH]c2ccccc12. The summed E-state index contributed by atoms with van der Waals surface area (Å²) in [6.07, 6.45) is 3.65. The van der Waals surface area contributed by atoms with Crippen LogP contribution in [-0.2, 0) is 11.2 Å². The Morgan fingerprint density at radius 2 is 1.70 bits per heavy atom. The standard InChI is InChI=1S/C22H17N3O2/c26-21(22(27)24-16-9-6-12-23-14-16)20-17-10-4-5-11-18(17)25-19(20)13-15-7-2-1-3-8-15/h1-12,14,25H,13H2,(H,24,27). The smallest absolute Gasteiger partial charge is 0.296 e. The lowest BCUT2D eigenvalue weighted by Crippen LogP contribution is -2.23. The zero-order valence-electron chi connectivity index (χ0n) is 14.5. The van der Waals surface area contributed by atoms with E-state index in [0.717, 1.165) is 22.2 Å². The highest BCUT2D eigenvalue weighted by Crippen LogP contribution is 2.25. The normalized spacial score (nSPS) is 10.7. The molecule has 0 fully saturated rings. The van der Waals surface area contributed by atoms with Crippen molar-refractivity contribution in [2.45, 2.75) is 6.42 Å². The minimum absolute atomic E-state index is 0.413. The molecule has 2 N–H and O–H groups in total. The van der Waals surface area contributed by atoms with Crippen molar-refractivity contribution in [2.75, 3.05) is 5.32 Å². The highest BCUT2D eigenvalue weighted by Gasteiger charge is 2.24. The minimum atomic E-state index is -0.679. The number of anilines is 1. The summed E-state index contributed by atoms with van der Waals surface area (Å²) in [7, 11) is 0. The van der Waals surface area contributed by atoms with Crippen molar-refractivity contribution in [3.63, 3.8) is 0 Å². The van der Waals surface area contributed by atoms with Crippen LogP contribution >= 0.6 is 0 Å². The molecule has 2 aromatic carbocycles. The Labute approximate surface area is 156 Å². The molecule has 5 nitrogen and oxygen atoms in total. The number of fused-ring (bicyclic) bond motifs is 1. The average molecular weight is 355 g/mol. The van der Waals surface area contributed by atoms with Crippen LogP contribution in [0.15, 0.2) is 79.1 Å². The molecule has 0 bridgehead atoms. The number of hydrogen-bond donors (Lipinski definition) is 2. The first kappa shape index (κ1) is 16.7. The molecular formula is C22H17N3O2. The van der Waals surface area contributed by atoms with Crippen LogP contribution < -0.4 is 5.32 Å². The highest BCUT2D eigenvalue weighted by molar-refractivity contribution is 6.48. The van der Waals surface area contributed by atoms with Crippen LogP contribution in [-0.4, -0.2) is 21.7 Å². The van der Waals surface area contributed by atoms with Crippen molar-refractivity contribution < 1.29 is 9.59 Å². The number of nitrogens with zero attached hydrogens (tertiary/aromatic N) is 1. The molecule has 0 aliphatic carbocycles. The van der Waals surface area contributed by atoms with E-state index in [4.69, 9.17) is 0 Å². The highest BCUT2D eigenvalue weighted by atomic mass is 16.2. The van der Waals surface area contributed by atoms with E-state index in [1.165, 1.54) is 6.20 Å². The predicted octanol–water partition coefficient (Wildman–Crippen LogP) is 3.98. The van der Waals surface area contributed by atoms with Gasteiger partial charge in [0.15, 0.2) is 0 Å². The van der Waals surface area contributed by atoms with Crippen molar-refractivity contribution in [1.29, 1.82) is 0 Å². The second-order valence-electron chi connectivity index (χ2n) is 6.21. The summed E-state index contributed by atoms with van der Waals surface area (Å²) in [6.45, 7) is 0. The Bertz CT molecular complexity index is 1100. The summed E-state index contributed by atoms with van der Waals surface area (Å²) >= 11 is 0. The Morgan fingerprint density at radius 3 is 2.48 bits per heavy atom. The fourth-order valence-electron chi connectivity index (χ4n) is 3.13. The third-order valence-corrected chi connectivity index (χ3v) is 4.36. The van der Waals surface area contributed by atoms with Crippen molar-refractivity contribution in [3.05, 3.63) is 95.9 Å². The Hall–Kier alpha value is -3.73. The van der Waals surface area contributed by atoms with Gasteiger partial charge in [0.05, 0.1) is 17.4 Å². The maximum absolute atomic E-state index is 13.0. The fourth-order valence-corrected chi connectivity index (χ4v) is 3.13. The molecule has 0 saturated carbocycles. The number of nitrogens with one attached hydrogen (secondary N) is 2. The first-order chi connectivity index (χ1) is 13.2. The number of benzene rings is 2. The lowest BCUT2D eigenvalue weighted by molar-refractivity contribution is -0.112. The molecule has 0 radical (unpaired) electrons. The second-order valence-corrected chi connectivity index (χ2v) is 6.21. The lowest BCUT2D eigenvalue weighted by atomic mass is 10.0. The van der Waals surface area contributed by atoms with Crippen molar-refractivity contribution >= 4 is 28.3 Å². The first-order valence-electron chi connectivity index (χ1n) is 8.61. The molecule has 0 atom stereocenters. The molecule has 0 spiro atoms. The fraction of sp³-hybridized carbons (Fsp3) is 0.0455. The van der Waals surface area contributed by atoms with Crippen LogP contribution in [0.2, 0.25) is 0 Å². The molecule has 2 heterocycles. The maximum atomic E-state index is 13.0. The van der Waals surface area contributed by atoms with E-state index in [1.54, 1.807) is 18.3 Å². The van der Waals surface area contributed by atoms with Crippen molar-refractivity contribution in [1.82, 2.24) is 9.97 Å². The number of ketones is 1. The molecule has 2 aromatic heterocycles. The van der Waals surface area contributed by atoms with Crippen molar-refractivity contribution in [2.24, 2.45) is 0 Å². The van der Waals surface area contributed by atoms with Gasteiger partial charge in [0, 0.05) is 29.2 Å². The number of H-pyrrole nitrogens is 1. The number of aromatic amines is 1. The van der Waals surface area contributed by atoms with Gasteiger partial charge in [0.25, 0.3) is 11.7 Å². The van der Waals surface area contributed by atoms with Gasteiger partial charge in [-0.2, -0.15) is 0 Å². The van der Waals surface area contributed by atoms with E-state index in [-0.39, 0.29) is 0 Å². The van der Waals surface area contributed by atoms with Crippen LogP contribution in [0, 0.1) is 0 Å². The topological polar surface area (TPSA) is 74.8 Å². The number of amides is 1. The molecule has 0 unspecified atom stereocenters. The van der Waals surface area contributed by atoms with E-state index < -0.39 is 11.7 Å². The zero-order valence-corrected chi connectivity index (χ0v) is 14.5. The number of rotatable bonds is 5. The van der Waals surface area contributed by atoms with Gasteiger partial charge in [-0.15, -0.1) is 0 Å². The van der Waals surface area contributed by atoms with Crippen LogP contribution in [0.4, 0.5) is 5.69 Å². The number of hydrogen-bond acceptors (Lipinski definition) is 3. The number of aromatic nitrogens is 2. The molecular weight excluding hydrogens is 338 g/mol. The lowest BCUT2D eigenvalue weighted by Gasteiger charge is -2.06. The van der Waals surface area contributed by atoms with Crippen molar-refractivity contribution in [3.8, 4) is 0 Å². The number of pyridine rings is 1. The van der Waals surface area contributed by atoms with Crippen LogP contribution in [0.5, 0.6) is 0 Å². The predicted molar refractivity (Wildman–Crippen MR) is 105 cm³/mol. The summed E-state index contributed by atoms with van der Waals surface area (Å²) in [4.78, 5) is 32.8. The van der Waals surface area contributed by atoms with Gasteiger partial charge in [-0.1, -0.05) is 48.5 Å². The van der Waals surface area contributed by atoms with Gasteiger partial charge in [0.2, 0.25) is 0 Å². The van der Waals surface area contributed by atoms with Gasteiger partial charge in [-0.05, 0) is 23.8 Å². The molecule has 0 aliphatic heterocycles. The molecule has 5 heteroatoms. The van der Waals surface area contributed by atoms with E-state index >= 15 is 0 Å². The molecule has 4 rings (SSSR count). The molecule has 132 valence electrons. The molecule has 4 aromatic rings. The third-order valence-electron chi connectivity index (χ3n) is 4.36. The maximum Gasteiger partial charge on any atom is 0.296 e. The largest absolute Gasteiger partial charge is 0.357 e. The number of carbonyl (C=O) groups is 2. The summed E-state index contributed by atoms with van der Waals surface area (Å²) in [5.74, 6) is -1.25. The monoisotopic (exact) mass is 355 g/mol. The van der Waals surface area contributed by atoms with Gasteiger partial charge in [-0.25, -0.2) is 0 Å². The van der Waals surface area contributed by atoms with Gasteiger partial charge < -0.3 is 10.3 Å². The van der Waals surface area contributed by atoms with E-state index in [2.05, 4.69) is 15.3 Å². The molecule has 27 heavy (non-hydrogen) atoms. The van der Waals surface area contributed by atoms with E-state index in [9.17, 15) is 9.59 Å². The Kier molecular flexibility index (Phi) is 4.49. The summed E-state index contributed by atoms with van der Waals surface area (Å²) in [6, 6.07) is 20.7. The Morgan fingerprint density at radius 1 is 0.926 bits per heavy atom. The van der Waals surface area contributed by atoms with Gasteiger partial charge >= 0.3 is 0 Å². The van der Waals surface area contributed by atoms with Crippen LogP contribution in [0.25, 0.3) is 10.9 Å². The average Bonchev–Trinajstić information content (AvgIpc) is 3.06. The number of carbonyl (C=O) groups excluding carboxylic acids is 2. The summed E-state index contributed by atoms with van der Waals surface area (Å²) in [5.41, 5.74) is 3.52. The molecule has 1 amide bonds. The first-order valence-corrected chi connectivity index (χ1v) is 8.61. The minimum Gasteiger partial charge on any atom is -0.357 e. The van der Waals surface area contributed by atoms with Crippen LogP contribution in [0.1, 0.15) is 21.6 Å². The number of Topliss-reactive ketones (excluding diaryl/α,β-unsaturated/α-hetero) is 1. The van der Waals surface area contributed by atoms with E-state index in [0.29, 0.717) is 17.7 Å². The zero-order chi connectivity index (χ0) is 18.6. The molecule has 0 aliphatic rings.